The second-order valence-electron chi connectivity index (χ2n) is 4.14. The van der Waals surface area contributed by atoms with Crippen LogP contribution in [0.15, 0.2) is 49.2 Å². The summed E-state index contributed by atoms with van der Waals surface area (Å²) in [6, 6.07) is 5.45. The molecule has 0 spiro atoms. The van der Waals surface area contributed by atoms with E-state index >= 15 is 0 Å². The van der Waals surface area contributed by atoms with Crippen molar-refractivity contribution in [2.24, 2.45) is 0 Å². The Bertz CT molecular complexity index is 686. The van der Waals surface area contributed by atoms with Gasteiger partial charge in [0.2, 0.25) is 0 Å². The third kappa shape index (κ3) is 2.47. The summed E-state index contributed by atoms with van der Waals surface area (Å²) >= 11 is 0. The fourth-order valence-corrected chi connectivity index (χ4v) is 1.87. The average Bonchev–Trinajstić information content (AvgIpc) is 3.08. The van der Waals surface area contributed by atoms with E-state index in [1.807, 2.05) is 28.9 Å². The van der Waals surface area contributed by atoms with Gasteiger partial charge in [0.05, 0.1) is 12.1 Å². The molecule has 19 heavy (non-hydrogen) atoms. The van der Waals surface area contributed by atoms with E-state index in [9.17, 15) is 4.79 Å². The van der Waals surface area contributed by atoms with E-state index in [2.05, 4.69) is 15.4 Å². The second kappa shape index (κ2) is 4.93. The third-order valence-electron chi connectivity index (χ3n) is 2.84. The molecule has 0 bridgehead atoms. The fourth-order valence-electron chi connectivity index (χ4n) is 1.87. The molecule has 3 aromatic rings. The molecule has 0 aliphatic heterocycles. The number of rotatable bonds is 4. The van der Waals surface area contributed by atoms with Crippen LogP contribution in [0.3, 0.4) is 0 Å². The molecule has 6 heteroatoms. The maximum atomic E-state index is 12.0. The van der Waals surface area contributed by atoms with Crippen LogP contribution in [0.5, 0.6) is 0 Å². The first-order valence-electron chi connectivity index (χ1n) is 6.01. The first-order chi connectivity index (χ1) is 9.33. The number of amides is 1. The minimum Gasteiger partial charge on any atom is -0.350 e. The Morgan fingerprint density at radius 3 is 3.05 bits per heavy atom. The molecule has 0 aliphatic rings. The smallest absolute Gasteiger partial charge is 0.252 e. The van der Waals surface area contributed by atoms with E-state index in [1.54, 1.807) is 29.3 Å². The zero-order valence-electron chi connectivity index (χ0n) is 10.2. The van der Waals surface area contributed by atoms with Crippen LogP contribution in [0.1, 0.15) is 10.4 Å². The molecular formula is C13H13N5O. The molecule has 0 aliphatic carbocycles. The van der Waals surface area contributed by atoms with Crippen LogP contribution < -0.4 is 5.32 Å². The number of aromatic nitrogens is 4. The van der Waals surface area contributed by atoms with Gasteiger partial charge in [0.15, 0.2) is 0 Å². The van der Waals surface area contributed by atoms with Gasteiger partial charge in [0.1, 0.15) is 5.65 Å². The van der Waals surface area contributed by atoms with Gasteiger partial charge in [0.25, 0.3) is 5.91 Å². The van der Waals surface area contributed by atoms with Crippen molar-refractivity contribution in [3.8, 4) is 0 Å². The monoisotopic (exact) mass is 255 g/mol. The van der Waals surface area contributed by atoms with E-state index in [0.717, 1.165) is 5.65 Å². The maximum Gasteiger partial charge on any atom is 0.252 e. The van der Waals surface area contributed by atoms with Gasteiger partial charge in [-0.3, -0.25) is 9.48 Å². The van der Waals surface area contributed by atoms with E-state index in [4.69, 9.17) is 0 Å². The van der Waals surface area contributed by atoms with Crippen molar-refractivity contribution in [2.75, 3.05) is 6.54 Å². The number of nitrogens with one attached hydrogen (secondary N) is 1. The highest BCUT2D eigenvalue weighted by Gasteiger charge is 2.06. The van der Waals surface area contributed by atoms with Gasteiger partial charge in [-0.1, -0.05) is 0 Å². The Morgan fingerprint density at radius 2 is 2.21 bits per heavy atom. The third-order valence-corrected chi connectivity index (χ3v) is 2.84. The summed E-state index contributed by atoms with van der Waals surface area (Å²) in [6.07, 6.45) is 8.87. The molecule has 0 aromatic carbocycles. The first kappa shape index (κ1) is 11.5. The molecule has 96 valence electrons. The highest BCUT2D eigenvalue weighted by molar-refractivity contribution is 5.94. The summed E-state index contributed by atoms with van der Waals surface area (Å²) < 4.78 is 3.60. The number of hydrogen-bond donors (Lipinski definition) is 1. The average molecular weight is 255 g/mol. The molecule has 0 unspecified atom stereocenters. The molecule has 0 saturated heterocycles. The lowest BCUT2D eigenvalue weighted by molar-refractivity contribution is 0.0951. The standard InChI is InChI=1S/C13H13N5O/c19-13(15-6-9-18-7-1-4-16-18)11-2-3-12-14-5-8-17(12)10-11/h1-5,7-8,10H,6,9H2,(H,15,19). The predicted octanol–water partition coefficient (Wildman–Crippen LogP) is 0.961. The van der Waals surface area contributed by atoms with E-state index < -0.39 is 0 Å². The minimum atomic E-state index is -0.0947. The van der Waals surface area contributed by atoms with Crippen LogP contribution in [0.25, 0.3) is 5.65 Å². The van der Waals surface area contributed by atoms with Gasteiger partial charge in [-0.05, 0) is 18.2 Å². The van der Waals surface area contributed by atoms with Crippen LogP contribution in [0.4, 0.5) is 0 Å². The second-order valence-corrected chi connectivity index (χ2v) is 4.14. The van der Waals surface area contributed by atoms with Crippen LogP contribution >= 0.6 is 0 Å². The SMILES string of the molecule is O=C(NCCn1cccn1)c1ccc2nccn2c1. The predicted molar refractivity (Wildman–Crippen MR) is 69.8 cm³/mol. The van der Waals surface area contributed by atoms with Gasteiger partial charge in [-0.2, -0.15) is 5.10 Å². The molecule has 0 saturated carbocycles. The Balaban J connectivity index is 1.63. The molecule has 0 atom stereocenters. The van der Waals surface area contributed by atoms with Crippen LogP contribution in [0, 0.1) is 0 Å². The number of hydrogen-bond acceptors (Lipinski definition) is 3. The van der Waals surface area contributed by atoms with Crippen molar-refractivity contribution < 1.29 is 4.79 Å². The lowest BCUT2D eigenvalue weighted by Gasteiger charge is -2.06. The van der Waals surface area contributed by atoms with Crippen molar-refractivity contribution in [3.63, 3.8) is 0 Å². The zero-order valence-corrected chi connectivity index (χ0v) is 10.2. The molecule has 3 heterocycles. The van der Waals surface area contributed by atoms with Crippen LogP contribution in [-0.4, -0.2) is 31.6 Å². The Labute approximate surface area is 109 Å². The van der Waals surface area contributed by atoms with Gasteiger partial charge >= 0.3 is 0 Å². The summed E-state index contributed by atoms with van der Waals surface area (Å²) in [5.74, 6) is -0.0947. The molecule has 3 rings (SSSR count). The molecular weight excluding hydrogens is 242 g/mol. The van der Waals surface area contributed by atoms with Crippen molar-refractivity contribution in [1.29, 1.82) is 0 Å². The summed E-state index contributed by atoms with van der Waals surface area (Å²) in [6.45, 7) is 1.20. The highest BCUT2D eigenvalue weighted by Crippen LogP contribution is 2.04. The topological polar surface area (TPSA) is 64.2 Å². The summed E-state index contributed by atoms with van der Waals surface area (Å²) in [7, 11) is 0. The number of carbonyl (C=O) groups is 1. The van der Waals surface area contributed by atoms with Crippen molar-refractivity contribution in [1.82, 2.24) is 24.5 Å². The Morgan fingerprint density at radius 1 is 1.26 bits per heavy atom. The normalized spacial score (nSPS) is 10.7. The van der Waals surface area contributed by atoms with Crippen LogP contribution in [-0.2, 0) is 6.54 Å². The summed E-state index contributed by atoms with van der Waals surface area (Å²) in [4.78, 5) is 16.1. The largest absolute Gasteiger partial charge is 0.350 e. The summed E-state index contributed by atoms with van der Waals surface area (Å²) in [5, 5.41) is 6.93. The molecule has 0 radical (unpaired) electrons. The molecule has 1 amide bonds. The molecule has 1 N–H and O–H groups in total. The zero-order chi connectivity index (χ0) is 13.1. The maximum absolute atomic E-state index is 12.0. The Kier molecular flexibility index (Phi) is 2.97. The number of imidazole rings is 1. The van der Waals surface area contributed by atoms with Gasteiger partial charge < -0.3 is 9.72 Å². The lowest BCUT2D eigenvalue weighted by Crippen LogP contribution is -2.27. The minimum absolute atomic E-state index is 0.0947. The van der Waals surface area contributed by atoms with Crippen LogP contribution in [0.2, 0.25) is 0 Å². The number of nitrogens with zero attached hydrogens (tertiary/aromatic N) is 4. The molecule has 0 fully saturated rings. The van der Waals surface area contributed by atoms with Crippen molar-refractivity contribution in [2.45, 2.75) is 6.54 Å². The van der Waals surface area contributed by atoms with Gasteiger partial charge in [0, 0.05) is 37.5 Å². The Hall–Kier alpha value is -2.63. The van der Waals surface area contributed by atoms with Gasteiger partial charge in [-0.25, -0.2) is 4.98 Å². The first-order valence-corrected chi connectivity index (χ1v) is 6.01. The highest BCUT2D eigenvalue weighted by atomic mass is 16.1. The fraction of sp³-hybridized carbons (Fsp3) is 0.154. The molecule has 3 aromatic heterocycles. The summed E-state index contributed by atoms with van der Waals surface area (Å²) in [5.41, 5.74) is 1.44. The van der Waals surface area contributed by atoms with Crippen molar-refractivity contribution in [3.05, 3.63) is 54.7 Å². The van der Waals surface area contributed by atoms with E-state index in [1.165, 1.54) is 0 Å². The van der Waals surface area contributed by atoms with Gasteiger partial charge in [-0.15, -0.1) is 0 Å². The lowest BCUT2D eigenvalue weighted by atomic mass is 10.2. The quantitative estimate of drug-likeness (QED) is 0.755. The number of pyridine rings is 1. The van der Waals surface area contributed by atoms with E-state index in [0.29, 0.717) is 18.7 Å². The number of fused-ring (bicyclic) bond motifs is 1. The molecule has 6 nitrogen and oxygen atoms in total. The number of carbonyl (C=O) groups excluding carboxylic acids is 1. The van der Waals surface area contributed by atoms with E-state index in [-0.39, 0.29) is 5.91 Å². The van der Waals surface area contributed by atoms with Crippen molar-refractivity contribution >= 4 is 11.6 Å².